The van der Waals surface area contributed by atoms with E-state index in [0.717, 1.165) is 0 Å². The monoisotopic (exact) mass is 367 g/mol. The first kappa shape index (κ1) is 20.2. The maximum absolute atomic E-state index is 12.1. The van der Waals surface area contributed by atoms with Gasteiger partial charge in [0.1, 0.15) is 17.2 Å². The quantitative estimate of drug-likeness (QED) is 0.272. The highest BCUT2D eigenvalue weighted by atomic mass is 32.1. The second-order valence-corrected chi connectivity index (χ2v) is 4.97. The summed E-state index contributed by atoms with van der Waals surface area (Å²) in [5, 5.41) is 7.93. The van der Waals surface area contributed by atoms with Gasteiger partial charge in [0.15, 0.2) is 10.8 Å². The van der Waals surface area contributed by atoms with E-state index in [1.807, 2.05) is 0 Å². The van der Waals surface area contributed by atoms with Gasteiger partial charge in [0.25, 0.3) is 0 Å². The van der Waals surface area contributed by atoms with E-state index in [2.05, 4.69) is 33.3 Å². The first-order valence-corrected chi connectivity index (χ1v) is 7.66. The molecular weight excluding hydrogens is 346 g/mol. The van der Waals surface area contributed by atoms with Crippen LogP contribution < -0.4 is 26.1 Å². The summed E-state index contributed by atoms with van der Waals surface area (Å²) in [6.45, 7) is 3.44. The normalized spacial score (nSPS) is 11.5. The highest BCUT2D eigenvalue weighted by Crippen LogP contribution is 2.28. The average Bonchev–Trinajstić information content (AvgIpc) is 2.60. The molecule has 1 aromatic rings. The van der Waals surface area contributed by atoms with Gasteiger partial charge in [-0.25, -0.2) is 4.79 Å². The van der Waals surface area contributed by atoms with Crippen LogP contribution in [0.2, 0.25) is 0 Å². The smallest absolute Gasteiger partial charge is 0.360 e. The third-order valence-electron chi connectivity index (χ3n) is 2.84. The van der Waals surface area contributed by atoms with E-state index in [0.29, 0.717) is 17.2 Å². The van der Waals surface area contributed by atoms with Gasteiger partial charge in [0, 0.05) is 6.07 Å². The van der Waals surface area contributed by atoms with Gasteiger partial charge in [-0.15, -0.1) is 0 Å². The summed E-state index contributed by atoms with van der Waals surface area (Å²) in [5.41, 5.74) is 11.2. The summed E-state index contributed by atoms with van der Waals surface area (Å²) in [7, 11) is 3.05. The van der Waals surface area contributed by atoms with Crippen LogP contribution in [0.25, 0.3) is 0 Å². The van der Waals surface area contributed by atoms with Gasteiger partial charge < -0.3 is 19.9 Å². The van der Waals surface area contributed by atoms with E-state index < -0.39 is 5.97 Å². The molecule has 0 aromatic heterocycles. The number of carbonyl (C=O) groups excluding carboxylic acids is 1. The lowest BCUT2D eigenvalue weighted by Gasteiger charge is -2.11. The number of benzene rings is 1. The molecule has 9 nitrogen and oxygen atoms in total. The number of hydrazone groups is 2. The van der Waals surface area contributed by atoms with Gasteiger partial charge >= 0.3 is 5.97 Å². The number of esters is 1. The van der Waals surface area contributed by atoms with Crippen LogP contribution in [0.1, 0.15) is 13.8 Å². The van der Waals surface area contributed by atoms with Crippen LogP contribution in [-0.4, -0.2) is 43.3 Å². The number of ether oxygens (including phenoxy) is 3. The standard InChI is InChI=1S/C15H21N5O4S/c1-5-24-14(21)13(9(2)17-20-15(16)25)19-18-11-8-10(22-3)6-7-12(11)23-4/h6-8,18H,5H2,1-4H3,(H3,16,20,25)/b17-9?,19-13-. The third kappa shape index (κ3) is 6.26. The summed E-state index contributed by atoms with van der Waals surface area (Å²) in [6, 6.07) is 5.11. The van der Waals surface area contributed by atoms with E-state index in [4.69, 9.17) is 19.9 Å². The molecule has 136 valence electrons. The maximum Gasteiger partial charge on any atom is 0.360 e. The van der Waals surface area contributed by atoms with Crippen molar-refractivity contribution in [1.29, 1.82) is 0 Å². The highest BCUT2D eigenvalue weighted by Gasteiger charge is 2.17. The van der Waals surface area contributed by atoms with E-state index in [-0.39, 0.29) is 23.1 Å². The number of rotatable bonds is 8. The Bertz CT molecular complexity index is 690. The summed E-state index contributed by atoms with van der Waals surface area (Å²) in [6.07, 6.45) is 0. The number of hydrogen-bond donors (Lipinski definition) is 3. The molecule has 0 heterocycles. The zero-order valence-corrected chi connectivity index (χ0v) is 15.3. The first-order valence-electron chi connectivity index (χ1n) is 7.25. The van der Waals surface area contributed by atoms with Gasteiger partial charge in [-0.3, -0.25) is 10.9 Å². The Hall–Kier alpha value is -2.88. The highest BCUT2D eigenvalue weighted by molar-refractivity contribution is 7.80. The predicted molar refractivity (Wildman–Crippen MR) is 100 cm³/mol. The van der Waals surface area contributed by atoms with Crippen molar-refractivity contribution in [3.63, 3.8) is 0 Å². The van der Waals surface area contributed by atoms with Crippen molar-refractivity contribution in [2.24, 2.45) is 15.9 Å². The van der Waals surface area contributed by atoms with Crippen molar-refractivity contribution in [3.8, 4) is 11.5 Å². The molecule has 1 rings (SSSR count). The fraction of sp³-hybridized carbons (Fsp3) is 0.333. The topological polar surface area (TPSA) is 120 Å². The number of methoxy groups -OCH3 is 2. The summed E-state index contributed by atoms with van der Waals surface area (Å²) < 4.78 is 15.4. The van der Waals surface area contributed by atoms with E-state index >= 15 is 0 Å². The molecule has 0 aliphatic carbocycles. The number of nitrogens with one attached hydrogen (secondary N) is 2. The molecular formula is C15H21N5O4S. The molecule has 0 saturated carbocycles. The zero-order valence-electron chi connectivity index (χ0n) is 14.5. The van der Waals surface area contributed by atoms with Crippen LogP contribution in [0.5, 0.6) is 11.5 Å². The van der Waals surface area contributed by atoms with Crippen LogP contribution in [0.4, 0.5) is 5.69 Å². The Balaban J connectivity index is 3.16. The number of anilines is 1. The minimum atomic E-state index is -0.650. The van der Waals surface area contributed by atoms with Crippen molar-refractivity contribution in [3.05, 3.63) is 18.2 Å². The van der Waals surface area contributed by atoms with Gasteiger partial charge in [-0.2, -0.15) is 10.2 Å². The van der Waals surface area contributed by atoms with Crippen molar-refractivity contribution in [2.45, 2.75) is 13.8 Å². The molecule has 0 aliphatic rings. The van der Waals surface area contributed by atoms with Gasteiger partial charge in [0.2, 0.25) is 0 Å². The second-order valence-electron chi connectivity index (χ2n) is 4.53. The molecule has 0 radical (unpaired) electrons. The lowest BCUT2D eigenvalue weighted by atomic mass is 10.2. The van der Waals surface area contributed by atoms with Gasteiger partial charge in [-0.05, 0) is 38.2 Å². The molecule has 0 amide bonds. The zero-order chi connectivity index (χ0) is 18.8. The summed E-state index contributed by atoms with van der Waals surface area (Å²) in [4.78, 5) is 12.1. The number of hydrogen-bond acceptors (Lipinski definition) is 8. The molecule has 0 spiro atoms. The number of carbonyl (C=O) groups is 1. The van der Waals surface area contributed by atoms with Gasteiger partial charge in [0.05, 0.1) is 26.5 Å². The molecule has 0 fully saturated rings. The number of nitrogens with two attached hydrogens (primary N) is 1. The lowest BCUT2D eigenvalue weighted by Crippen LogP contribution is -2.30. The molecule has 1 aromatic carbocycles. The van der Waals surface area contributed by atoms with E-state index in [1.165, 1.54) is 14.2 Å². The Kier molecular flexibility index (Phi) is 8.13. The Morgan fingerprint density at radius 2 is 2.00 bits per heavy atom. The largest absolute Gasteiger partial charge is 0.497 e. The van der Waals surface area contributed by atoms with Crippen molar-refractivity contribution in [1.82, 2.24) is 5.43 Å². The number of nitrogens with zero attached hydrogens (tertiary/aromatic N) is 2. The lowest BCUT2D eigenvalue weighted by molar-refractivity contribution is -0.134. The van der Waals surface area contributed by atoms with Crippen LogP contribution in [-0.2, 0) is 9.53 Å². The Morgan fingerprint density at radius 3 is 2.56 bits per heavy atom. The molecule has 25 heavy (non-hydrogen) atoms. The molecule has 0 bridgehead atoms. The second kappa shape index (κ2) is 10.1. The van der Waals surface area contributed by atoms with Crippen LogP contribution in [0.3, 0.4) is 0 Å². The minimum absolute atomic E-state index is 0.0371. The molecule has 4 N–H and O–H groups in total. The first-order chi connectivity index (χ1) is 11.9. The Morgan fingerprint density at radius 1 is 1.28 bits per heavy atom. The van der Waals surface area contributed by atoms with E-state index in [1.54, 1.807) is 32.0 Å². The summed E-state index contributed by atoms with van der Waals surface area (Å²) >= 11 is 4.68. The van der Waals surface area contributed by atoms with Crippen LogP contribution >= 0.6 is 12.2 Å². The van der Waals surface area contributed by atoms with E-state index in [9.17, 15) is 4.79 Å². The summed E-state index contributed by atoms with van der Waals surface area (Å²) in [5.74, 6) is 0.461. The molecule has 0 atom stereocenters. The van der Waals surface area contributed by atoms with Crippen molar-refractivity contribution >= 4 is 40.4 Å². The molecule has 0 aliphatic heterocycles. The molecule has 0 saturated heterocycles. The van der Waals surface area contributed by atoms with Gasteiger partial charge in [-0.1, -0.05) is 0 Å². The fourth-order valence-electron chi connectivity index (χ4n) is 1.68. The fourth-order valence-corrected chi connectivity index (χ4v) is 1.73. The average molecular weight is 367 g/mol. The maximum atomic E-state index is 12.1. The molecule has 0 unspecified atom stereocenters. The van der Waals surface area contributed by atoms with Crippen LogP contribution in [0.15, 0.2) is 28.4 Å². The van der Waals surface area contributed by atoms with Crippen LogP contribution in [0, 0.1) is 0 Å². The van der Waals surface area contributed by atoms with Crippen molar-refractivity contribution < 1.29 is 19.0 Å². The predicted octanol–water partition coefficient (Wildman–Crippen LogP) is 1.24. The Labute approximate surface area is 151 Å². The number of thiocarbonyl (C=S) groups is 1. The molecule has 10 heteroatoms. The minimum Gasteiger partial charge on any atom is -0.497 e. The third-order valence-corrected chi connectivity index (χ3v) is 2.93. The SMILES string of the molecule is CCOC(=O)/C(=N\Nc1cc(OC)ccc1OC)C(C)=NNC(N)=S. The van der Waals surface area contributed by atoms with Crippen molar-refractivity contribution in [2.75, 3.05) is 26.3 Å².